The second kappa shape index (κ2) is 7.16. The van der Waals surface area contributed by atoms with E-state index in [1.54, 1.807) is 0 Å². The van der Waals surface area contributed by atoms with Gasteiger partial charge in [-0.15, -0.1) is 0 Å². The van der Waals surface area contributed by atoms with Crippen molar-refractivity contribution in [2.24, 2.45) is 0 Å². The summed E-state index contributed by atoms with van der Waals surface area (Å²) in [5.74, 6) is 3.97. The molecule has 3 rings (SSSR count). The summed E-state index contributed by atoms with van der Waals surface area (Å²) in [4.78, 5) is 0. The average molecular weight is 336 g/mol. The SMILES string of the molecule is CC1=CP(=O)(c2ccccc2)CC1.CCP1(=O)C=C(C)CC1. The molecule has 0 fully saturated rings. The summed E-state index contributed by atoms with van der Waals surface area (Å²) in [6.45, 7) is 6.13. The van der Waals surface area contributed by atoms with E-state index >= 15 is 0 Å². The zero-order chi connectivity index (χ0) is 16.2. The minimum Gasteiger partial charge on any atom is -0.319 e. The van der Waals surface area contributed by atoms with Gasteiger partial charge in [0.25, 0.3) is 0 Å². The first kappa shape index (κ1) is 17.5. The Morgan fingerprint density at radius 3 is 1.91 bits per heavy atom. The fourth-order valence-electron chi connectivity index (χ4n) is 2.86. The zero-order valence-electron chi connectivity index (χ0n) is 13.8. The van der Waals surface area contributed by atoms with Crippen molar-refractivity contribution in [1.29, 1.82) is 0 Å². The van der Waals surface area contributed by atoms with Gasteiger partial charge < -0.3 is 9.13 Å². The van der Waals surface area contributed by atoms with Gasteiger partial charge >= 0.3 is 0 Å². The van der Waals surface area contributed by atoms with Crippen LogP contribution in [0.2, 0.25) is 0 Å². The van der Waals surface area contributed by atoms with E-state index in [1.807, 2.05) is 48.9 Å². The normalized spacial score (nSPS) is 30.3. The van der Waals surface area contributed by atoms with Crippen LogP contribution in [0.4, 0.5) is 0 Å². The Morgan fingerprint density at radius 2 is 1.50 bits per heavy atom. The Hall–Kier alpha value is -0.840. The molecular weight excluding hydrogens is 310 g/mol. The van der Waals surface area contributed by atoms with Crippen molar-refractivity contribution in [2.45, 2.75) is 33.6 Å². The van der Waals surface area contributed by atoms with Crippen LogP contribution < -0.4 is 5.30 Å². The van der Waals surface area contributed by atoms with Gasteiger partial charge in [0.15, 0.2) is 0 Å². The summed E-state index contributed by atoms with van der Waals surface area (Å²) in [6, 6.07) is 9.81. The monoisotopic (exact) mass is 336 g/mol. The summed E-state index contributed by atoms with van der Waals surface area (Å²) in [5.41, 5.74) is 2.59. The van der Waals surface area contributed by atoms with Crippen LogP contribution in [0, 0.1) is 0 Å². The molecule has 0 N–H and O–H groups in total. The van der Waals surface area contributed by atoms with Gasteiger partial charge in [-0.3, -0.25) is 0 Å². The van der Waals surface area contributed by atoms with Crippen LogP contribution >= 0.6 is 14.3 Å². The van der Waals surface area contributed by atoms with Crippen LogP contribution in [0.15, 0.2) is 53.1 Å². The maximum Gasteiger partial charge on any atom is 0.136 e. The average Bonchev–Trinajstić information content (AvgIpc) is 3.05. The van der Waals surface area contributed by atoms with Crippen LogP contribution in [-0.4, -0.2) is 18.5 Å². The highest BCUT2D eigenvalue weighted by molar-refractivity contribution is 7.74. The van der Waals surface area contributed by atoms with E-state index in [4.69, 9.17) is 0 Å². The van der Waals surface area contributed by atoms with Crippen LogP contribution in [-0.2, 0) is 9.13 Å². The molecule has 0 aliphatic carbocycles. The first-order valence-corrected chi connectivity index (χ1v) is 12.1. The maximum absolute atomic E-state index is 12.3. The Kier molecular flexibility index (Phi) is 5.70. The Balaban J connectivity index is 0.000000172. The number of allylic oxidation sites excluding steroid dienone is 2. The van der Waals surface area contributed by atoms with Crippen molar-refractivity contribution >= 4 is 19.6 Å². The minimum absolute atomic E-state index is 0.822. The van der Waals surface area contributed by atoms with Crippen molar-refractivity contribution < 1.29 is 9.13 Å². The number of rotatable bonds is 2. The van der Waals surface area contributed by atoms with E-state index in [0.717, 1.165) is 36.6 Å². The molecule has 2 aliphatic heterocycles. The number of benzene rings is 1. The molecule has 2 aliphatic rings. The lowest BCUT2D eigenvalue weighted by Crippen LogP contribution is -2.01. The largest absolute Gasteiger partial charge is 0.319 e. The molecule has 2 unspecified atom stereocenters. The van der Waals surface area contributed by atoms with Crippen molar-refractivity contribution in [3.63, 3.8) is 0 Å². The molecule has 1 aromatic rings. The molecule has 2 nitrogen and oxygen atoms in total. The lowest BCUT2D eigenvalue weighted by molar-refractivity contribution is 0.582. The van der Waals surface area contributed by atoms with Crippen LogP contribution in [0.5, 0.6) is 0 Å². The molecule has 0 bridgehead atoms. The van der Waals surface area contributed by atoms with E-state index in [1.165, 1.54) is 11.1 Å². The van der Waals surface area contributed by atoms with Gasteiger partial charge in [-0.1, -0.05) is 48.4 Å². The van der Waals surface area contributed by atoms with E-state index in [0.29, 0.717) is 0 Å². The summed E-state index contributed by atoms with van der Waals surface area (Å²) in [7, 11) is -3.91. The Bertz CT molecular complexity index is 672. The number of hydrogen-bond donors (Lipinski definition) is 0. The van der Waals surface area contributed by atoms with E-state index in [9.17, 15) is 9.13 Å². The predicted octanol–water partition coefficient (Wildman–Crippen LogP) is 5.66. The summed E-state index contributed by atoms with van der Waals surface area (Å²) in [6.07, 6.45) is 4.65. The quantitative estimate of drug-likeness (QED) is 0.653. The highest BCUT2D eigenvalue weighted by Crippen LogP contribution is 2.53. The second-order valence-corrected chi connectivity index (χ2v) is 12.4. The fraction of sp³-hybridized carbons (Fsp3) is 0.444. The predicted molar refractivity (Wildman–Crippen MR) is 98.3 cm³/mol. The molecule has 120 valence electrons. The van der Waals surface area contributed by atoms with E-state index in [2.05, 4.69) is 13.8 Å². The molecule has 0 spiro atoms. The standard InChI is InChI=1S/C11H13OP.C7H13OP/c1-10-7-8-13(12,9-10)11-5-3-2-4-6-11;1-3-9(8)5-4-7(2)6-9/h2-6,9H,7-8H2,1H3;6H,3-5H2,1-2H3. The zero-order valence-corrected chi connectivity index (χ0v) is 15.6. The molecular formula is C18H26O2P2. The van der Waals surface area contributed by atoms with Crippen LogP contribution in [0.25, 0.3) is 0 Å². The van der Waals surface area contributed by atoms with Crippen LogP contribution in [0.1, 0.15) is 33.6 Å². The van der Waals surface area contributed by atoms with E-state index in [-0.39, 0.29) is 0 Å². The van der Waals surface area contributed by atoms with Gasteiger partial charge in [-0.05, 0) is 38.3 Å². The minimum atomic E-state index is -2.14. The third-order valence-corrected chi connectivity index (χ3v) is 10.2. The van der Waals surface area contributed by atoms with Crippen molar-refractivity contribution in [3.8, 4) is 0 Å². The van der Waals surface area contributed by atoms with Gasteiger partial charge in [0.1, 0.15) is 14.3 Å². The topological polar surface area (TPSA) is 34.1 Å². The van der Waals surface area contributed by atoms with Gasteiger partial charge in [-0.25, -0.2) is 0 Å². The smallest absolute Gasteiger partial charge is 0.136 e. The molecule has 0 saturated carbocycles. The van der Waals surface area contributed by atoms with Gasteiger partial charge in [-0.2, -0.15) is 0 Å². The van der Waals surface area contributed by atoms with Crippen molar-refractivity contribution in [2.75, 3.05) is 18.5 Å². The maximum atomic E-state index is 12.3. The highest BCUT2D eigenvalue weighted by atomic mass is 31.2. The van der Waals surface area contributed by atoms with Gasteiger partial charge in [0, 0.05) is 23.8 Å². The molecule has 2 atom stereocenters. The Morgan fingerprint density at radius 1 is 0.909 bits per heavy atom. The summed E-state index contributed by atoms with van der Waals surface area (Å²) >= 11 is 0. The molecule has 0 amide bonds. The third kappa shape index (κ3) is 4.34. The number of hydrogen-bond acceptors (Lipinski definition) is 2. The molecule has 0 radical (unpaired) electrons. The lowest BCUT2D eigenvalue weighted by Gasteiger charge is -2.08. The Labute approximate surface area is 134 Å². The molecule has 0 aromatic heterocycles. The fourth-order valence-corrected chi connectivity index (χ4v) is 7.89. The van der Waals surface area contributed by atoms with Crippen molar-refractivity contribution in [1.82, 2.24) is 0 Å². The summed E-state index contributed by atoms with van der Waals surface area (Å²) < 4.78 is 23.9. The summed E-state index contributed by atoms with van der Waals surface area (Å²) in [5, 5.41) is 1.01. The van der Waals surface area contributed by atoms with Gasteiger partial charge in [0.2, 0.25) is 0 Å². The lowest BCUT2D eigenvalue weighted by atomic mass is 10.3. The molecule has 1 aromatic carbocycles. The second-order valence-electron chi connectivity index (χ2n) is 6.30. The van der Waals surface area contributed by atoms with Gasteiger partial charge in [0.05, 0.1) is 0 Å². The molecule has 2 heterocycles. The van der Waals surface area contributed by atoms with Crippen LogP contribution in [0.3, 0.4) is 0 Å². The first-order chi connectivity index (χ1) is 10.4. The molecule has 4 heteroatoms. The molecule has 22 heavy (non-hydrogen) atoms. The third-order valence-electron chi connectivity index (χ3n) is 4.34. The molecule has 0 saturated heterocycles. The highest BCUT2D eigenvalue weighted by Gasteiger charge is 2.26. The van der Waals surface area contributed by atoms with E-state index < -0.39 is 14.3 Å². The van der Waals surface area contributed by atoms with Crippen molar-refractivity contribution in [3.05, 3.63) is 53.1 Å². The first-order valence-electron chi connectivity index (χ1n) is 7.96.